The van der Waals surface area contributed by atoms with Crippen molar-refractivity contribution in [1.29, 1.82) is 0 Å². The molecule has 0 bridgehead atoms. The first-order valence-corrected chi connectivity index (χ1v) is 6.52. The maximum absolute atomic E-state index is 12.2. The summed E-state index contributed by atoms with van der Waals surface area (Å²) in [6.45, 7) is 0.922. The van der Waals surface area contributed by atoms with Gasteiger partial charge in [-0.3, -0.25) is 9.59 Å². The van der Waals surface area contributed by atoms with E-state index in [-0.39, 0.29) is 33.6 Å². The SMILES string of the molecule is NC(=O)C1CCN(C(=O)c2cc(Cl)nnc2Cl)CC1. The zero-order valence-corrected chi connectivity index (χ0v) is 11.5. The Balaban J connectivity index is 2.09. The lowest BCUT2D eigenvalue weighted by atomic mass is 9.96. The monoisotopic (exact) mass is 302 g/mol. The second-order valence-electron chi connectivity index (χ2n) is 4.34. The quantitative estimate of drug-likeness (QED) is 0.886. The van der Waals surface area contributed by atoms with Gasteiger partial charge in [-0.1, -0.05) is 23.2 Å². The maximum Gasteiger partial charge on any atom is 0.257 e. The van der Waals surface area contributed by atoms with Crippen molar-refractivity contribution in [2.45, 2.75) is 12.8 Å². The zero-order chi connectivity index (χ0) is 14.0. The van der Waals surface area contributed by atoms with Gasteiger partial charge in [0.2, 0.25) is 5.91 Å². The number of carbonyl (C=O) groups excluding carboxylic acids is 2. The molecule has 2 N–H and O–H groups in total. The Morgan fingerprint density at radius 1 is 1.26 bits per heavy atom. The molecule has 2 heterocycles. The van der Waals surface area contributed by atoms with Gasteiger partial charge in [0.1, 0.15) is 0 Å². The van der Waals surface area contributed by atoms with Crippen LogP contribution in [-0.2, 0) is 4.79 Å². The van der Waals surface area contributed by atoms with Crippen molar-refractivity contribution in [3.05, 3.63) is 21.9 Å². The molecule has 19 heavy (non-hydrogen) atoms. The van der Waals surface area contributed by atoms with Crippen LogP contribution in [0, 0.1) is 5.92 Å². The van der Waals surface area contributed by atoms with Gasteiger partial charge in [0.15, 0.2) is 10.3 Å². The Hall–Kier alpha value is -1.40. The molecule has 0 aliphatic carbocycles. The summed E-state index contributed by atoms with van der Waals surface area (Å²) in [5, 5.41) is 7.28. The van der Waals surface area contributed by atoms with Gasteiger partial charge in [0.05, 0.1) is 5.56 Å². The first-order valence-electron chi connectivity index (χ1n) is 5.76. The molecule has 6 nitrogen and oxygen atoms in total. The molecular weight excluding hydrogens is 291 g/mol. The van der Waals surface area contributed by atoms with Gasteiger partial charge >= 0.3 is 0 Å². The molecule has 1 saturated heterocycles. The number of aromatic nitrogens is 2. The number of nitrogens with zero attached hydrogens (tertiary/aromatic N) is 3. The Labute approximate surface area is 119 Å². The number of carbonyl (C=O) groups is 2. The molecule has 1 aromatic rings. The van der Waals surface area contributed by atoms with Crippen LogP contribution in [0.15, 0.2) is 6.07 Å². The first kappa shape index (κ1) is 14.0. The van der Waals surface area contributed by atoms with E-state index in [4.69, 9.17) is 28.9 Å². The summed E-state index contributed by atoms with van der Waals surface area (Å²) in [6.07, 6.45) is 1.12. The van der Waals surface area contributed by atoms with E-state index in [0.717, 1.165) is 0 Å². The van der Waals surface area contributed by atoms with Crippen molar-refractivity contribution in [2.24, 2.45) is 11.7 Å². The first-order chi connectivity index (χ1) is 8.99. The smallest absolute Gasteiger partial charge is 0.257 e. The van der Waals surface area contributed by atoms with E-state index in [9.17, 15) is 9.59 Å². The van der Waals surface area contributed by atoms with E-state index in [0.29, 0.717) is 25.9 Å². The van der Waals surface area contributed by atoms with Crippen molar-refractivity contribution in [3.8, 4) is 0 Å². The molecule has 1 aliphatic heterocycles. The summed E-state index contributed by atoms with van der Waals surface area (Å²) >= 11 is 11.5. The predicted octanol–water partition coefficient (Wildman–Crippen LogP) is 1.12. The molecule has 0 aromatic carbocycles. The molecule has 8 heteroatoms. The number of hydrogen-bond donors (Lipinski definition) is 1. The molecule has 0 unspecified atom stereocenters. The Kier molecular flexibility index (Phi) is 4.21. The highest BCUT2D eigenvalue weighted by molar-refractivity contribution is 6.34. The van der Waals surface area contributed by atoms with Gasteiger partial charge in [0.25, 0.3) is 5.91 Å². The van der Waals surface area contributed by atoms with Crippen molar-refractivity contribution in [1.82, 2.24) is 15.1 Å². The molecule has 0 spiro atoms. The summed E-state index contributed by atoms with van der Waals surface area (Å²) in [6, 6.07) is 1.39. The maximum atomic E-state index is 12.2. The predicted molar refractivity (Wildman–Crippen MR) is 69.9 cm³/mol. The van der Waals surface area contributed by atoms with E-state index in [1.807, 2.05) is 0 Å². The average Bonchev–Trinajstić information content (AvgIpc) is 2.41. The molecule has 2 amide bonds. The number of amides is 2. The minimum Gasteiger partial charge on any atom is -0.369 e. The lowest BCUT2D eigenvalue weighted by Crippen LogP contribution is -2.41. The van der Waals surface area contributed by atoms with Gasteiger partial charge in [-0.15, -0.1) is 10.2 Å². The second kappa shape index (κ2) is 5.71. The van der Waals surface area contributed by atoms with Crippen molar-refractivity contribution in [2.75, 3.05) is 13.1 Å². The number of rotatable bonds is 2. The molecule has 0 atom stereocenters. The van der Waals surface area contributed by atoms with Crippen LogP contribution < -0.4 is 5.73 Å². The van der Waals surface area contributed by atoms with Gasteiger partial charge in [-0.05, 0) is 18.9 Å². The van der Waals surface area contributed by atoms with Crippen LogP contribution in [0.5, 0.6) is 0 Å². The number of piperidine rings is 1. The molecule has 2 rings (SSSR count). The van der Waals surface area contributed by atoms with Crippen LogP contribution in [0.2, 0.25) is 10.3 Å². The minimum atomic E-state index is -0.321. The van der Waals surface area contributed by atoms with Crippen LogP contribution in [0.25, 0.3) is 0 Å². The third-order valence-corrected chi connectivity index (χ3v) is 3.60. The highest BCUT2D eigenvalue weighted by Gasteiger charge is 2.27. The largest absolute Gasteiger partial charge is 0.369 e. The van der Waals surface area contributed by atoms with Crippen molar-refractivity contribution in [3.63, 3.8) is 0 Å². The number of halogens is 2. The summed E-state index contributed by atoms with van der Waals surface area (Å²) in [5.41, 5.74) is 5.47. The third kappa shape index (κ3) is 3.13. The van der Waals surface area contributed by atoms with Crippen LogP contribution >= 0.6 is 23.2 Å². The fourth-order valence-corrected chi connectivity index (χ4v) is 2.36. The zero-order valence-electron chi connectivity index (χ0n) is 9.97. The fraction of sp³-hybridized carbons (Fsp3) is 0.455. The van der Waals surface area contributed by atoms with Crippen molar-refractivity contribution >= 4 is 35.0 Å². The van der Waals surface area contributed by atoms with E-state index in [1.54, 1.807) is 4.90 Å². The van der Waals surface area contributed by atoms with E-state index in [1.165, 1.54) is 6.07 Å². The van der Waals surface area contributed by atoms with E-state index >= 15 is 0 Å². The lowest BCUT2D eigenvalue weighted by Gasteiger charge is -2.30. The summed E-state index contributed by atoms with van der Waals surface area (Å²) in [4.78, 5) is 24.9. The number of nitrogens with two attached hydrogens (primary N) is 1. The lowest BCUT2D eigenvalue weighted by molar-refractivity contribution is -0.123. The second-order valence-corrected chi connectivity index (χ2v) is 5.09. The normalized spacial score (nSPS) is 16.4. The standard InChI is InChI=1S/C11H12Cl2N4O2/c12-8-5-7(9(13)16-15-8)11(19)17-3-1-6(2-4-17)10(14)18/h5-6H,1-4H2,(H2,14,18). The molecule has 1 aromatic heterocycles. The van der Waals surface area contributed by atoms with Crippen LogP contribution in [-0.4, -0.2) is 40.0 Å². The van der Waals surface area contributed by atoms with E-state index in [2.05, 4.69) is 10.2 Å². The molecule has 102 valence electrons. The van der Waals surface area contributed by atoms with Crippen LogP contribution in [0.1, 0.15) is 23.2 Å². The van der Waals surface area contributed by atoms with Gasteiger partial charge in [-0.25, -0.2) is 0 Å². The Morgan fingerprint density at radius 3 is 2.47 bits per heavy atom. The summed E-state index contributed by atoms with van der Waals surface area (Å²) < 4.78 is 0. The highest BCUT2D eigenvalue weighted by Crippen LogP contribution is 2.22. The summed E-state index contributed by atoms with van der Waals surface area (Å²) in [5.74, 6) is -0.748. The third-order valence-electron chi connectivity index (χ3n) is 3.13. The van der Waals surface area contributed by atoms with Gasteiger partial charge in [0, 0.05) is 19.0 Å². The van der Waals surface area contributed by atoms with Gasteiger partial charge in [-0.2, -0.15) is 0 Å². The molecule has 0 radical (unpaired) electrons. The fourth-order valence-electron chi connectivity index (χ4n) is 2.04. The van der Waals surface area contributed by atoms with E-state index < -0.39 is 0 Å². The number of hydrogen-bond acceptors (Lipinski definition) is 4. The van der Waals surface area contributed by atoms with Crippen LogP contribution in [0.3, 0.4) is 0 Å². The van der Waals surface area contributed by atoms with Crippen molar-refractivity contribution < 1.29 is 9.59 Å². The molecule has 1 fully saturated rings. The Morgan fingerprint density at radius 2 is 1.89 bits per heavy atom. The number of primary amides is 1. The molecule has 0 saturated carbocycles. The molecule has 1 aliphatic rings. The Bertz CT molecular complexity index is 515. The molecular formula is C11H12Cl2N4O2. The minimum absolute atomic E-state index is 0.0198. The number of likely N-dealkylation sites (tertiary alicyclic amines) is 1. The topological polar surface area (TPSA) is 89.2 Å². The summed E-state index contributed by atoms with van der Waals surface area (Å²) in [7, 11) is 0. The van der Waals surface area contributed by atoms with Gasteiger partial charge < -0.3 is 10.6 Å². The average molecular weight is 303 g/mol. The highest BCUT2D eigenvalue weighted by atomic mass is 35.5. The van der Waals surface area contributed by atoms with Crippen LogP contribution in [0.4, 0.5) is 0 Å².